The number of hydrogen-bond acceptors (Lipinski definition) is 21. The Morgan fingerprint density at radius 1 is 0.699 bits per heavy atom. The zero-order valence-corrected chi connectivity index (χ0v) is 49.3. The van der Waals surface area contributed by atoms with Gasteiger partial charge < -0.3 is 106 Å². The third-order valence-corrected chi connectivity index (χ3v) is 15.7. The second kappa shape index (κ2) is 43.1. The third kappa shape index (κ3) is 26.7. The number of carbonyl (C=O) groups excluding carboxylic acids is 2. The number of aliphatic carboxylic acids is 1. The highest BCUT2D eigenvalue weighted by Gasteiger charge is 2.60. The first-order valence-electron chi connectivity index (χ1n) is 33.0. The van der Waals surface area contributed by atoms with Crippen LogP contribution in [0.15, 0.2) is 12.2 Å². The van der Waals surface area contributed by atoms with Gasteiger partial charge >= 0.3 is 5.97 Å². The predicted octanol–water partition coefficient (Wildman–Crippen LogP) is 3.33. The van der Waals surface area contributed by atoms with E-state index in [-0.39, 0.29) is 24.9 Å². The number of allylic oxidation sites excluding steroid dienone is 1. The number of ether oxygens (including phenoxy) is 6. The maximum atomic E-state index is 13.4. The van der Waals surface area contributed by atoms with Gasteiger partial charge in [-0.25, -0.2) is 4.79 Å². The van der Waals surface area contributed by atoms with Gasteiger partial charge in [0.15, 0.2) is 12.6 Å². The average Bonchev–Trinajstić information content (AvgIpc) is 1.22. The number of amides is 2. The Balaban J connectivity index is 0.0000264. The molecule has 3 fully saturated rings. The number of unbranched alkanes of at least 4 members (excludes halogenated alkanes) is 23. The van der Waals surface area contributed by atoms with Crippen LogP contribution < -0.4 is 16.8 Å². The lowest BCUT2D eigenvalue weighted by Gasteiger charge is -2.50. The molecule has 0 spiro atoms. The first-order chi connectivity index (χ1) is 41.3. The molecule has 24 heteroatoms. The van der Waals surface area contributed by atoms with Crippen molar-refractivity contribution in [3.8, 4) is 0 Å². The number of carbonyl (C=O) groups is 3. The molecule has 24 nitrogen and oxygen atoms in total. The van der Waals surface area contributed by atoms with Crippen LogP contribution in [0, 0.1) is 0 Å². The number of aliphatic hydroxyl groups is 11. The number of aliphatic hydroxyl groups excluding tert-OH is 11. The molecule has 0 unspecified atom stereocenters. The van der Waals surface area contributed by atoms with Crippen LogP contribution in [0.4, 0.5) is 0 Å². The van der Waals surface area contributed by atoms with E-state index in [9.17, 15) is 75.7 Å². The number of hydrogen-bond donors (Lipinski definition) is 15. The molecule has 3 heterocycles. The van der Waals surface area contributed by atoms with E-state index in [4.69, 9.17) is 35.3 Å². The molecule has 0 aliphatic carbocycles. The van der Waals surface area contributed by atoms with Crippen molar-refractivity contribution in [2.24, 2.45) is 0 Å². The normalized spacial score (nSPS) is 31.1. The van der Waals surface area contributed by atoms with Crippen LogP contribution >= 0.6 is 0 Å². The zero-order chi connectivity index (χ0) is 64.7. The Morgan fingerprint density at radius 3 is 1.75 bits per heavy atom. The van der Waals surface area contributed by atoms with Gasteiger partial charge in [0.05, 0.1) is 50.7 Å². The van der Waals surface area contributed by atoms with E-state index in [0.29, 0.717) is 19.3 Å². The minimum Gasteiger partial charge on any atom is -0.477 e. The highest BCUT2D eigenvalue weighted by Crippen LogP contribution is 2.38. The summed E-state index contributed by atoms with van der Waals surface area (Å²) >= 11 is 0. The van der Waals surface area contributed by atoms with Crippen LogP contribution in [0.5, 0.6) is 0 Å². The predicted molar refractivity (Wildman–Crippen MR) is 307 cm³/mol. The molecule has 0 aromatic carbocycles. The van der Waals surface area contributed by atoms with Crippen molar-refractivity contribution < 1.29 is 111 Å². The number of carboxylic acids is 1. The summed E-state index contributed by atoms with van der Waals surface area (Å²) in [5.41, 5.74) is 0. The lowest BCUT2D eigenvalue weighted by Crippen LogP contribution is -2.70. The second-order valence-corrected chi connectivity index (χ2v) is 22.5. The van der Waals surface area contributed by atoms with E-state index in [1.807, 2.05) is 6.08 Å². The van der Waals surface area contributed by atoms with E-state index in [1.165, 1.54) is 44.9 Å². The van der Waals surface area contributed by atoms with Gasteiger partial charge in [0.1, 0.15) is 67.1 Å². The fraction of sp³-hybridized carbons (Fsp3) is 0.915. The summed E-state index contributed by atoms with van der Waals surface area (Å²) in [5.74, 6) is -6.23. The molecule has 3 rings (SSSR count). The molecule has 0 aromatic rings. The van der Waals surface area contributed by atoms with Gasteiger partial charge in [0.25, 0.3) is 5.79 Å². The SMILES string of the molecule is N.[2H]C([2H])([2H])C([2H])([2H])CCCCCCCCCCCCCCCC(=O)N[C@@H](CO[C@@H]1O[C@H](CO)[C@@H](O[C@@H]2O[C@H](CO)[C@H](O)[C@H](O[C@]3(C(=O)O)C[C@H](O)[C@@H](NC(C)=O)[C@H]([C@H](O)[C@H](O)CO)O3)[C@H]2O)[C@H](O)[C@H]1O)[C@H](O)/C=C/CCCCCCCCCCCCC. The number of rotatable bonds is 45. The fourth-order valence-electron chi connectivity index (χ4n) is 10.7. The van der Waals surface area contributed by atoms with Crippen LogP contribution in [0.1, 0.15) is 214 Å². The van der Waals surface area contributed by atoms with E-state index >= 15 is 0 Å². The third-order valence-electron chi connectivity index (χ3n) is 15.7. The lowest BCUT2D eigenvalue weighted by molar-refractivity contribution is -0.386. The van der Waals surface area contributed by atoms with Crippen molar-refractivity contribution in [2.45, 2.75) is 317 Å². The van der Waals surface area contributed by atoms with Crippen LogP contribution in [0.3, 0.4) is 0 Å². The molecule has 0 saturated carbocycles. The first kappa shape index (κ1) is 67.9. The van der Waals surface area contributed by atoms with Gasteiger partial charge in [-0.1, -0.05) is 180 Å². The highest BCUT2D eigenvalue weighted by molar-refractivity contribution is 5.77. The second-order valence-electron chi connectivity index (χ2n) is 22.5. The summed E-state index contributed by atoms with van der Waals surface area (Å²) in [7, 11) is 0. The average molecular weight is 1200 g/mol. The Kier molecular flexibility index (Phi) is 35.3. The van der Waals surface area contributed by atoms with Crippen molar-refractivity contribution in [3.05, 3.63) is 12.2 Å². The molecule has 17 N–H and O–H groups in total. The van der Waals surface area contributed by atoms with Gasteiger partial charge in [-0.2, -0.15) is 0 Å². The van der Waals surface area contributed by atoms with E-state index in [2.05, 4.69) is 17.6 Å². The van der Waals surface area contributed by atoms with Gasteiger partial charge in [-0.15, -0.1) is 0 Å². The number of nitrogens with one attached hydrogen (secondary N) is 2. The van der Waals surface area contributed by atoms with Crippen LogP contribution in [0.25, 0.3) is 0 Å². The zero-order valence-electron chi connectivity index (χ0n) is 54.3. The van der Waals surface area contributed by atoms with Crippen molar-refractivity contribution in [1.29, 1.82) is 0 Å². The lowest BCUT2D eigenvalue weighted by atomic mass is 9.88. The summed E-state index contributed by atoms with van der Waals surface area (Å²) in [5, 5.41) is 135. The van der Waals surface area contributed by atoms with Crippen LogP contribution in [-0.4, -0.2) is 215 Å². The summed E-state index contributed by atoms with van der Waals surface area (Å²) < 4.78 is 72.1. The minimum atomic E-state index is -3.10. The summed E-state index contributed by atoms with van der Waals surface area (Å²) in [6.45, 7) is -2.84. The van der Waals surface area contributed by atoms with Crippen molar-refractivity contribution in [2.75, 3.05) is 26.4 Å². The number of carboxylic acid groups (broad SMARTS) is 1. The van der Waals surface area contributed by atoms with Crippen LogP contribution in [-0.2, 0) is 42.8 Å². The maximum Gasteiger partial charge on any atom is 0.364 e. The standard InChI is InChI=1S/C59H108N2O21.H3N/c1-4-6-8-10-12-14-16-18-19-21-23-25-27-29-31-33-46(69)61-40(41(66)32-30-28-26-24-22-20-17-15-13-11-9-7-5-2)38-77-56-51(73)50(72)53(45(37-64)79-56)80-57-52(74)55(49(71)44(36-63)78-57)82-59(58(75)76)34-42(67)47(60-39(3)65)54(81-59)48(70)43(68)35-62;/h30,32,40-45,47-57,62-64,66-68,70-74H,4-29,31,33-38H2,1-3H3,(H,60,65)(H,61,69)(H,75,76);1H3/b32-30+;/t40-,41+,42-,43+,44+,45+,47+,48+,49-,50+,51+,52+,53+,54+,55-,56+,57-,59-;/m0./s1/i1D3,4D2;. The Morgan fingerprint density at radius 2 is 1.23 bits per heavy atom. The Hall–Kier alpha value is -2.57. The molecular formula is C59H111N3O21. The van der Waals surface area contributed by atoms with Crippen molar-refractivity contribution in [3.63, 3.8) is 0 Å². The maximum absolute atomic E-state index is 13.4. The van der Waals surface area contributed by atoms with E-state index < -0.39 is 168 Å². The molecule has 0 bridgehead atoms. The van der Waals surface area contributed by atoms with Gasteiger partial charge in [0, 0.05) is 26.6 Å². The van der Waals surface area contributed by atoms with Gasteiger partial charge in [-0.05, 0) is 19.3 Å². The molecular weight excluding hydrogens is 1090 g/mol. The molecule has 2 amide bonds. The Bertz CT molecular complexity index is 1940. The van der Waals surface area contributed by atoms with Crippen molar-refractivity contribution in [1.82, 2.24) is 16.8 Å². The minimum absolute atomic E-state index is 0. The molecule has 0 radical (unpaired) electrons. The monoisotopic (exact) mass is 1200 g/mol. The molecule has 488 valence electrons. The van der Waals surface area contributed by atoms with Gasteiger partial charge in [-0.3, -0.25) is 9.59 Å². The topological polar surface area (TPSA) is 408 Å². The summed E-state index contributed by atoms with van der Waals surface area (Å²) in [4.78, 5) is 38.4. The highest BCUT2D eigenvalue weighted by atomic mass is 16.8. The summed E-state index contributed by atoms with van der Waals surface area (Å²) in [6, 6.07) is -2.66. The Labute approximate surface area is 499 Å². The first-order valence-corrected chi connectivity index (χ1v) is 30.5. The molecule has 0 aromatic heterocycles. The molecule has 3 saturated heterocycles. The van der Waals surface area contributed by atoms with Gasteiger partial charge in [0.2, 0.25) is 11.8 Å². The fourth-order valence-corrected chi connectivity index (χ4v) is 10.7. The quantitative estimate of drug-likeness (QED) is 0.0307. The van der Waals surface area contributed by atoms with E-state index in [1.54, 1.807) is 6.08 Å². The smallest absolute Gasteiger partial charge is 0.364 e. The summed E-state index contributed by atoms with van der Waals surface area (Å²) in [6.07, 6.45) is -2.81. The molecule has 3 aliphatic heterocycles. The van der Waals surface area contributed by atoms with Crippen molar-refractivity contribution >= 4 is 17.8 Å². The molecule has 3 aliphatic rings. The molecule has 18 atom stereocenters. The van der Waals surface area contributed by atoms with E-state index in [0.717, 1.165) is 103 Å². The van der Waals surface area contributed by atoms with Crippen LogP contribution in [0.2, 0.25) is 0 Å². The molecule has 83 heavy (non-hydrogen) atoms. The largest absolute Gasteiger partial charge is 0.477 e.